The summed E-state index contributed by atoms with van der Waals surface area (Å²) in [5, 5.41) is 3.67. The first kappa shape index (κ1) is 10.1. The molecule has 0 spiro atoms. The van der Waals surface area contributed by atoms with Crippen molar-refractivity contribution in [2.45, 2.75) is 25.3 Å². The zero-order valence-electron chi connectivity index (χ0n) is 9.77. The highest BCUT2D eigenvalue weighted by Crippen LogP contribution is 2.48. The van der Waals surface area contributed by atoms with Crippen LogP contribution < -0.4 is 5.32 Å². The van der Waals surface area contributed by atoms with Gasteiger partial charge >= 0.3 is 0 Å². The van der Waals surface area contributed by atoms with E-state index in [0.717, 1.165) is 18.4 Å². The van der Waals surface area contributed by atoms with Crippen LogP contribution in [0.15, 0.2) is 42.5 Å². The van der Waals surface area contributed by atoms with Crippen LogP contribution in [0.1, 0.15) is 24.8 Å². The van der Waals surface area contributed by atoms with Crippen molar-refractivity contribution in [2.75, 3.05) is 6.54 Å². The fourth-order valence-electron chi connectivity index (χ4n) is 3.47. The van der Waals surface area contributed by atoms with Gasteiger partial charge in [0, 0.05) is 12.0 Å². The van der Waals surface area contributed by atoms with E-state index in [9.17, 15) is 0 Å². The zero-order chi connectivity index (χ0) is 11.0. The molecule has 1 N–H and O–H groups in total. The largest absolute Gasteiger partial charge is 0.313 e. The normalized spacial score (nSPS) is 35.8. The van der Waals surface area contributed by atoms with Gasteiger partial charge in [-0.25, -0.2) is 0 Å². The molecule has 3 rings (SSSR count). The van der Waals surface area contributed by atoms with Gasteiger partial charge in [0.15, 0.2) is 0 Å². The lowest BCUT2D eigenvalue weighted by atomic mass is 9.83. The van der Waals surface area contributed by atoms with Gasteiger partial charge in [0.05, 0.1) is 0 Å². The quantitative estimate of drug-likeness (QED) is 0.761. The topological polar surface area (TPSA) is 12.0 Å². The second-order valence-electron chi connectivity index (χ2n) is 4.97. The van der Waals surface area contributed by atoms with Crippen LogP contribution in [0, 0.1) is 11.8 Å². The molecule has 0 aromatic heterocycles. The van der Waals surface area contributed by atoms with Crippen LogP contribution in [0.4, 0.5) is 0 Å². The van der Waals surface area contributed by atoms with E-state index in [4.69, 9.17) is 0 Å². The Bertz CT molecular complexity index is 382. The Morgan fingerprint density at radius 2 is 1.88 bits per heavy atom. The van der Waals surface area contributed by atoms with E-state index in [-0.39, 0.29) is 0 Å². The monoisotopic (exact) mass is 213 g/mol. The Labute approximate surface area is 97.6 Å². The highest BCUT2D eigenvalue weighted by atomic mass is 14.9. The number of nitrogens with one attached hydrogen (secondary N) is 1. The third-order valence-corrected chi connectivity index (χ3v) is 4.08. The van der Waals surface area contributed by atoms with E-state index < -0.39 is 0 Å². The molecule has 4 atom stereocenters. The van der Waals surface area contributed by atoms with Gasteiger partial charge in [-0.2, -0.15) is 0 Å². The first-order chi connectivity index (χ1) is 7.90. The molecule has 2 bridgehead atoms. The Hall–Kier alpha value is -1.08. The fourth-order valence-corrected chi connectivity index (χ4v) is 3.47. The van der Waals surface area contributed by atoms with Crippen molar-refractivity contribution < 1.29 is 0 Å². The van der Waals surface area contributed by atoms with Gasteiger partial charge in [0.1, 0.15) is 0 Å². The maximum atomic E-state index is 3.67. The maximum absolute atomic E-state index is 3.67. The number of rotatable bonds is 3. The lowest BCUT2D eigenvalue weighted by Gasteiger charge is -2.29. The predicted octanol–water partition coefficient (Wildman–Crippen LogP) is 2.95. The molecule has 0 amide bonds. The number of hydrogen-bond donors (Lipinski definition) is 1. The summed E-state index contributed by atoms with van der Waals surface area (Å²) in [6, 6.07) is 11.6. The molecule has 1 aromatic rings. The van der Waals surface area contributed by atoms with Gasteiger partial charge < -0.3 is 5.32 Å². The minimum atomic E-state index is 0.655. The summed E-state index contributed by atoms with van der Waals surface area (Å²) in [5.41, 5.74) is 1.50. The van der Waals surface area contributed by atoms with Crippen LogP contribution >= 0.6 is 0 Å². The average molecular weight is 213 g/mol. The molecule has 1 fully saturated rings. The van der Waals surface area contributed by atoms with Crippen LogP contribution in [-0.2, 0) is 0 Å². The zero-order valence-corrected chi connectivity index (χ0v) is 9.77. The smallest absolute Gasteiger partial charge is 0.0204 e. The molecule has 84 valence electrons. The number of likely N-dealkylation sites (N-methyl/N-ethyl adjacent to an activating group) is 1. The standard InChI is InChI=1S/C15H19N/c1-2-16-15-13-9-8-12(10-13)14(15)11-6-4-3-5-7-11/h3-9,12-16H,2,10H2,1H3. The highest BCUT2D eigenvalue weighted by Gasteiger charge is 2.44. The van der Waals surface area contributed by atoms with E-state index >= 15 is 0 Å². The van der Waals surface area contributed by atoms with Gasteiger partial charge in [0.2, 0.25) is 0 Å². The minimum Gasteiger partial charge on any atom is -0.313 e. The molecule has 1 aromatic carbocycles. The summed E-state index contributed by atoms with van der Waals surface area (Å²) in [6.07, 6.45) is 6.19. The average Bonchev–Trinajstić information content (AvgIpc) is 2.91. The van der Waals surface area contributed by atoms with Crippen LogP contribution in [0.3, 0.4) is 0 Å². The molecule has 0 radical (unpaired) electrons. The van der Waals surface area contributed by atoms with Gasteiger partial charge in [0.25, 0.3) is 0 Å². The molecule has 4 unspecified atom stereocenters. The molecule has 2 aliphatic carbocycles. The van der Waals surface area contributed by atoms with Crippen LogP contribution in [-0.4, -0.2) is 12.6 Å². The molecule has 1 saturated carbocycles. The lowest BCUT2D eigenvalue weighted by Crippen LogP contribution is -2.37. The van der Waals surface area contributed by atoms with Crippen LogP contribution in [0.2, 0.25) is 0 Å². The van der Waals surface area contributed by atoms with Gasteiger partial charge in [-0.1, -0.05) is 49.4 Å². The van der Waals surface area contributed by atoms with E-state index in [2.05, 4.69) is 54.7 Å². The third kappa shape index (κ3) is 1.51. The van der Waals surface area contributed by atoms with E-state index in [1.54, 1.807) is 0 Å². The Morgan fingerprint density at radius 3 is 2.62 bits per heavy atom. The van der Waals surface area contributed by atoms with Crippen molar-refractivity contribution in [3.05, 3.63) is 48.0 Å². The molecule has 1 nitrogen and oxygen atoms in total. The van der Waals surface area contributed by atoms with Crippen molar-refractivity contribution in [2.24, 2.45) is 11.8 Å². The molecular formula is C15H19N. The van der Waals surface area contributed by atoms with Crippen molar-refractivity contribution in [3.8, 4) is 0 Å². The Morgan fingerprint density at radius 1 is 1.12 bits per heavy atom. The summed E-state index contributed by atoms with van der Waals surface area (Å²) < 4.78 is 0. The second kappa shape index (κ2) is 4.06. The first-order valence-corrected chi connectivity index (χ1v) is 6.37. The predicted molar refractivity (Wildman–Crippen MR) is 67.4 cm³/mol. The molecular weight excluding hydrogens is 194 g/mol. The summed E-state index contributed by atoms with van der Waals surface area (Å²) >= 11 is 0. The molecule has 0 aliphatic heterocycles. The van der Waals surface area contributed by atoms with Crippen molar-refractivity contribution in [3.63, 3.8) is 0 Å². The molecule has 0 heterocycles. The first-order valence-electron chi connectivity index (χ1n) is 6.37. The number of allylic oxidation sites excluding steroid dienone is 1. The van der Waals surface area contributed by atoms with Crippen molar-refractivity contribution >= 4 is 0 Å². The molecule has 16 heavy (non-hydrogen) atoms. The molecule has 1 heteroatoms. The number of benzene rings is 1. The third-order valence-electron chi connectivity index (χ3n) is 4.08. The van der Waals surface area contributed by atoms with Gasteiger partial charge in [-0.3, -0.25) is 0 Å². The summed E-state index contributed by atoms with van der Waals surface area (Å²) in [5.74, 6) is 2.21. The summed E-state index contributed by atoms with van der Waals surface area (Å²) in [7, 11) is 0. The number of fused-ring (bicyclic) bond motifs is 2. The molecule has 2 aliphatic rings. The van der Waals surface area contributed by atoms with Crippen molar-refractivity contribution in [1.82, 2.24) is 5.32 Å². The summed E-state index contributed by atoms with van der Waals surface area (Å²) in [4.78, 5) is 0. The van der Waals surface area contributed by atoms with E-state index in [0.29, 0.717) is 12.0 Å². The summed E-state index contributed by atoms with van der Waals surface area (Å²) in [6.45, 7) is 3.28. The minimum absolute atomic E-state index is 0.655. The lowest BCUT2D eigenvalue weighted by molar-refractivity contribution is 0.416. The maximum Gasteiger partial charge on any atom is 0.0204 e. The van der Waals surface area contributed by atoms with Gasteiger partial charge in [-0.15, -0.1) is 0 Å². The van der Waals surface area contributed by atoms with Gasteiger partial charge in [-0.05, 0) is 30.4 Å². The fraction of sp³-hybridized carbons (Fsp3) is 0.467. The highest BCUT2D eigenvalue weighted by molar-refractivity contribution is 5.31. The second-order valence-corrected chi connectivity index (χ2v) is 4.97. The Kier molecular flexibility index (Phi) is 2.56. The van der Waals surface area contributed by atoms with E-state index in [1.807, 2.05) is 0 Å². The van der Waals surface area contributed by atoms with E-state index in [1.165, 1.54) is 12.0 Å². The van der Waals surface area contributed by atoms with Crippen LogP contribution in [0.25, 0.3) is 0 Å². The molecule has 0 saturated heterocycles. The van der Waals surface area contributed by atoms with Crippen molar-refractivity contribution in [1.29, 1.82) is 0 Å². The Balaban J connectivity index is 1.91. The van der Waals surface area contributed by atoms with Crippen LogP contribution in [0.5, 0.6) is 0 Å². The SMILES string of the molecule is CCNC1C2C=CC(C2)C1c1ccccc1. The number of hydrogen-bond acceptors (Lipinski definition) is 1.